The molecule has 0 fully saturated rings. The summed E-state index contributed by atoms with van der Waals surface area (Å²) >= 11 is 0. The first kappa shape index (κ1) is 11.2. The van der Waals surface area contributed by atoms with Gasteiger partial charge in [-0.2, -0.15) is 10.4 Å². The summed E-state index contributed by atoms with van der Waals surface area (Å²) in [5.41, 5.74) is 2.79. The average Bonchev–Trinajstić information content (AvgIpc) is 2.75. The van der Waals surface area contributed by atoms with Crippen LogP contribution in [0.5, 0.6) is 0 Å². The molecule has 17 heavy (non-hydrogen) atoms. The van der Waals surface area contributed by atoms with Crippen LogP contribution >= 0.6 is 0 Å². The second-order valence-electron chi connectivity index (χ2n) is 4.00. The van der Waals surface area contributed by atoms with Crippen molar-refractivity contribution < 1.29 is 0 Å². The van der Waals surface area contributed by atoms with E-state index in [1.165, 1.54) is 0 Å². The number of nitrogens with zero attached hydrogens (tertiary/aromatic N) is 4. The number of aromatic nitrogens is 2. The van der Waals surface area contributed by atoms with Crippen LogP contribution in [0.1, 0.15) is 11.3 Å². The summed E-state index contributed by atoms with van der Waals surface area (Å²) in [4.78, 5) is 2.10. The van der Waals surface area contributed by atoms with Gasteiger partial charge in [-0.25, -0.2) is 0 Å². The molecule has 0 spiro atoms. The van der Waals surface area contributed by atoms with Crippen molar-refractivity contribution in [1.29, 1.82) is 5.26 Å². The molecule has 1 heterocycles. The second kappa shape index (κ2) is 4.71. The fraction of sp³-hybridized carbons (Fsp3) is 0.231. The molecule has 0 aliphatic heterocycles. The zero-order chi connectivity index (χ0) is 12.3. The molecular formula is C13H14N4. The highest BCUT2D eigenvalue weighted by Crippen LogP contribution is 2.15. The summed E-state index contributed by atoms with van der Waals surface area (Å²) in [5, 5.41) is 13.1. The zero-order valence-corrected chi connectivity index (χ0v) is 9.96. The van der Waals surface area contributed by atoms with E-state index in [9.17, 15) is 0 Å². The van der Waals surface area contributed by atoms with Crippen molar-refractivity contribution in [2.24, 2.45) is 7.05 Å². The minimum Gasteiger partial charge on any atom is -0.369 e. The maximum atomic E-state index is 8.73. The normalized spacial score (nSPS) is 9.94. The minimum atomic E-state index is 0.681. The first-order chi connectivity index (χ1) is 8.19. The van der Waals surface area contributed by atoms with Gasteiger partial charge in [-0.15, -0.1) is 0 Å². The van der Waals surface area contributed by atoms with Crippen molar-refractivity contribution in [2.45, 2.75) is 6.54 Å². The molecule has 0 amide bonds. The van der Waals surface area contributed by atoms with Gasteiger partial charge in [-0.05, 0) is 30.3 Å². The van der Waals surface area contributed by atoms with Crippen molar-refractivity contribution in [3.8, 4) is 6.07 Å². The molecule has 0 unspecified atom stereocenters. The predicted molar refractivity (Wildman–Crippen MR) is 66.5 cm³/mol. The molecule has 2 aromatic rings. The van der Waals surface area contributed by atoms with Crippen LogP contribution < -0.4 is 4.90 Å². The molecule has 4 heteroatoms. The molecule has 4 nitrogen and oxygen atoms in total. The van der Waals surface area contributed by atoms with Crippen LogP contribution in [0.3, 0.4) is 0 Å². The largest absolute Gasteiger partial charge is 0.369 e. The topological polar surface area (TPSA) is 44.9 Å². The molecule has 0 saturated carbocycles. The highest BCUT2D eigenvalue weighted by molar-refractivity contribution is 5.49. The van der Waals surface area contributed by atoms with Gasteiger partial charge in [-0.3, -0.25) is 4.68 Å². The first-order valence-electron chi connectivity index (χ1n) is 5.39. The Balaban J connectivity index is 2.09. The molecular weight excluding hydrogens is 212 g/mol. The van der Waals surface area contributed by atoms with Crippen molar-refractivity contribution in [1.82, 2.24) is 9.78 Å². The number of anilines is 1. The summed E-state index contributed by atoms with van der Waals surface area (Å²) < 4.78 is 1.79. The van der Waals surface area contributed by atoms with Crippen LogP contribution in [0.2, 0.25) is 0 Å². The maximum absolute atomic E-state index is 8.73. The molecule has 0 atom stereocenters. The number of rotatable bonds is 3. The summed E-state index contributed by atoms with van der Waals surface area (Å²) in [6, 6.07) is 11.7. The molecule has 0 saturated heterocycles. The molecule has 0 N–H and O–H groups in total. The standard InChI is InChI=1S/C13H14N4/c1-16(10-12-7-8-17(2)15-12)13-5-3-11(9-14)4-6-13/h3-8H,10H2,1-2H3. The molecule has 0 radical (unpaired) electrons. The Hall–Kier alpha value is -2.28. The van der Waals surface area contributed by atoms with Crippen LogP contribution in [0.25, 0.3) is 0 Å². The number of hydrogen-bond donors (Lipinski definition) is 0. The van der Waals surface area contributed by atoms with Gasteiger partial charge in [0.1, 0.15) is 0 Å². The van der Waals surface area contributed by atoms with Gasteiger partial charge in [0, 0.05) is 26.0 Å². The van der Waals surface area contributed by atoms with E-state index in [1.807, 2.05) is 50.6 Å². The lowest BCUT2D eigenvalue weighted by Gasteiger charge is -2.17. The van der Waals surface area contributed by atoms with E-state index in [-0.39, 0.29) is 0 Å². The van der Waals surface area contributed by atoms with Crippen LogP contribution in [-0.4, -0.2) is 16.8 Å². The van der Waals surface area contributed by atoms with Gasteiger partial charge < -0.3 is 4.90 Å². The van der Waals surface area contributed by atoms with Gasteiger partial charge in [0.15, 0.2) is 0 Å². The maximum Gasteiger partial charge on any atom is 0.0991 e. The third-order valence-corrected chi connectivity index (χ3v) is 2.61. The number of aryl methyl sites for hydroxylation is 1. The quantitative estimate of drug-likeness (QED) is 0.803. The Labute approximate surface area is 101 Å². The lowest BCUT2D eigenvalue weighted by atomic mass is 10.2. The fourth-order valence-electron chi connectivity index (χ4n) is 1.67. The Morgan fingerprint density at radius 2 is 2.00 bits per heavy atom. The highest BCUT2D eigenvalue weighted by Gasteiger charge is 2.04. The van der Waals surface area contributed by atoms with E-state index in [2.05, 4.69) is 16.1 Å². The van der Waals surface area contributed by atoms with Crippen LogP contribution in [0.15, 0.2) is 36.5 Å². The molecule has 0 aliphatic rings. The van der Waals surface area contributed by atoms with Crippen LogP contribution in [-0.2, 0) is 13.6 Å². The molecule has 0 aliphatic carbocycles. The van der Waals surface area contributed by atoms with Gasteiger partial charge >= 0.3 is 0 Å². The molecule has 0 bridgehead atoms. The highest BCUT2D eigenvalue weighted by atomic mass is 15.3. The molecule has 1 aromatic heterocycles. The SMILES string of the molecule is CN(Cc1ccn(C)n1)c1ccc(C#N)cc1. The lowest BCUT2D eigenvalue weighted by Crippen LogP contribution is -2.16. The summed E-state index contributed by atoms with van der Waals surface area (Å²) in [7, 11) is 3.92. The predicted octanol–water partition coefficient (Wildman–Crippen LogP) is 1.93. The summed E-state index contributed by atoms with van der Waals surface area (Å²) in [6.45, 7) is 0.757. The Bertz CT molecular complexity index is 533. The fourth-order valence-corrected chi connectivity index (χ4v) is 1.67. The van der Waals surface area contributed by atoms with E-state index in [0.29, 0.717) is 5.56 Å². The Morgan fingerprint density at radius 3 is 2.53 bits per heavy atom. The van der Waals surface area contributed by atoms with E-state index in [0.717, 1.165) is 17.9 Å². The molecule has 2 rings (SSSR count). The van der Waals surface area contributed by atoms with Crippen molar-refractivity contribution in [2.75, 3.05) is 11.9 Å². The zero-order valence-electron chi connectivity index (χ0n) is 9.96. The molecule has 86 valence electrons. The van der Waals surface area contributed by atoms with Gasteiger partial charge in [-0.1, -0.05) is 0 Å². The van der Waals surface area contributed by atoms with Crippen molar-refractivity contribution in [3.63, 3.8) is 0 Å². The number of nitriles is 1. The van der Waals surface area contributed by atoms with E-state index < -0.39 is 0 Å². The Kier molecular flexibility index (Phi) is 3.10. The monoisotopic (exact) mass is 226 g/mol. The first-order valence-corrected chi connectivity index (χ1v) is 5.39. The van der Waals surface area contributed by atoms with Crippen LogP contribution in [0, 0.1) is 11.3 Å². The number of hydrogen-bond acceptors (Lipinski definition) is 3. The summed E-state index contributed by atoms with van der Waals surface area (Å²) in [6.07, 6.45) is 1.93. The second-order valence-corrected chi connectivity index (χ2v) is 4.00. The third-order valence-electron chi connectivity index (χ3n) is 2.61. The third kappa shape index (κ3) is 2.64. The van der Waals surface area contributed by atoms with Crippen LogP contribution in [0.4, 0.5) is 5.69 Å². The van der Waals surface area contributed by atoms with Crippen molar-refractivity contribution >= 4 is 5.69 Å². The van der Waals surface area contributed by atoms with Crippen molar-refractivity contribution in [3.05, 3.63) is 47.8 Å². The van der Waals surface area contributed by atoms with E-state index in [1.54, 1.807) is 4.68 Å². The van der Waals surface area contributed by atoms with Gasteiger partial charge in [0.25, 0.3) is 0 Å². The van der Waals surface area contributed by atoms with Gasteiger partial charge in [0.05, 0.1) is 23.9 Å². The lowest BCUT2D eigenvalue weighted by molar-refractivity contribution is 0.734. The van der Waals surface area contributed by atoms with E-state index in [4.69, 9.17) is 5.26 Å². The van der Waals surface area contributed by atoms with E-state index >= 15 is 0 Å². The Morgan fingerprint density at radius 1 is 1.29 bits per heavy atom. The minimum absolute atomic E-state index is 0.681. The summed E-state index contributed by atoms with van der Waals surface area (Å²) in [5.74, 6) is 0. The number of benzene rings is 1. The smallest absolute Gasteiger partial charge is 0.0991 e. The van der Waals surface area contributed by atoms with Gasteiger partial charge in [0.2, 0.25) is 0 Å². The average molecular weight is 226 g/mol. The molecule has 1 aromatic carbocycles.